The van der Waals surface area contributed by atoms with E-state index >= 15 is 0 Å². The molecule has 27 heavy (non-hydrogen) atoms. The number of ether oxygens (including phenoxy) is 1. The zero-order valence-electron chi connectivity index (χ0n) is 15.5. The van der Waals surface area contributed by atoms with Crippen molar-refractivity contribution in [2.45, 2.75) is 38.0 Å². The number of hydrogen-bond acceptors (Lipinski definition) is 4. The minimum atomic E-state index is -3.72. The van der Waals surface area contributed by atoms with Crippen LogP contribution in [0.25, 0.3) is 0 Å². The van der Waals surface area contributed by atoms with Crippen LogP contribution in [0.3, 0.4) is 0 Å². The van der Waals surface area contributed by atoms with E-state index in [0.717, 1.165) is 29.3 Å². The molecule has 0 atom stereocenters. The third-order valence-electron chi connectivity index (χ3n) is 3.98. The minimum Gasteiger partial charge on any atom is -0.462 e. The largest absolute Gasteiger partial charge is 0.462 e. The summed E-state index contributed by atoms with van der Waals surface area (Å²) in [5, 5.41) is 0.895. The number of benzene rings is 2. The van der Waals surface area contributed by atoms with Crippen LogP contribution in [-0.2, 0) is 21.2 Å². The zero-order valence-corrected chi connectivity index (χ0v) is 17.9. The van der Waals surface area contributed by atoms with Crippen LogP contribution in [0.15, 0.2) is 47.4 Å². The third-order valence-corrected chi connectivity index (χ3v) is 6.03. The molecule has 0 saturated carbocycles. The van der Waals surface area contributed by atoms with Gasteiger partial charge in [0.1, 0.15) is 0 Å². The van der Waals surface area contributed by atoms with E-state index in [-0.39, 0.29) is 4.90 Å². The molecule has 0 heterocycles. The normalized spacial score (nSPS) is 11.2. The standard InChI is InChI=1S/C20H24BrNO4S/c1-3-26-20(23)16-8-10-18(11-9-16)22-27(24,25)19-12-7-15(2)14-17(19)6-4-5-13-21/h7-12,14,22H,3-6,13H2,1-2H3. The molecular formula is C20H24BrNO4S. The molecule has 0 aliphatic rings. The van der Waals surface area contributed by atoms with E-state index in [4.69, 9.17) is 4.74 Å². The van der Waals surface area contributed by atoms with Crippen LogP contribution >= 0.6 is 15.9 Å². The number of unbranched alkanes of at least 4 members (excludes halogenated alkanes) is 1. The van der Waals surface area contributed by atoms with E-state index in [2.05, 4.69) is 20.7 Å². The van der Waals surface area contributed by atoms with Crippen molar-refractivity contribution < 1.29 is 17.9 Å². The maximum absolute atomic E-state index is 12.9. The number of carbonyl (C=O) groups is 1. The molecule has 2 aromatic carbocycles. The van der Waals surface area contributed by atoms with Crippen molar-refractivity contribution in [3.8, 4) is 0 Å². The predicted molar refractivity (Wildman–Crippen MR) is 111 cm³/mol. The Morgan fingerprint density at radius 1 is 1.11 bits per heavy atom. The molecule has 0 bridgehead atoms. The van der Waals surface area contributed by atoms with Crippen molar-refractivity contribution in [3.05, 3.63) is 59.2 Å². The first-order valence-corrected chi connectivity index (χ1v) is 11.4. The molecule has 0 spiro atoms. The molecule has 1 N–H and O–H groups in total. The van der Waals surface area contributed by atoms with Gasteiger partial charge < -0.3 is 4.74 Å². The molecule has 2 aromatic rings. The zero-order chi connectivity index (χ0) is 19.9. The number of rotatable bonds is 9. The molecule has 0 aliphatic heterocycles. The number of hydrogen-bond donors (Lipinski definition) is 1. The highest BCUT2D eigenvalue weighted by atomic mass is 79.9. The van der Waals surface area contributed by atoms with Gasteiger partial charge in [0.05, 0.1) is 17.1 Å². The van der Waals surface area contributed by atoms with E-state index < -0.39 is 16.0 Å². The van der Waals surface area contributed by atoms with Crippen LogP contribution in [0.5, 0.6) is 0 Å². The Bertz CT molecular complexity index is 879. The molecule has 0 amide bonds. The summed E-state index contributed by atoms with van der Waals surface area (Å²) in [6, 6.07) is 11.6. The summed E-state index contributed by atoms with van der Waals surface area (Å²) in [5.74, 6) is -0.431. The topological polar surface area (TPSA) is 72.5 Å². The second kappa shape index (κ2) is 9.90. The van der Waals surface area contributed by atoms with Gasteiger partial charge in [0.2, 0.25) is 0 Å². The molecule has 0 unspecified atom stereocenters. The van der Waals surface area contributed by atoms with Crippen molar-refractivity contribution >= 4 is 37.6 Å². The van der Waals surface area contributed by atoms with Crippen molar-refractivity contribution in [3.63, 3.8) is 0 Å². The summed E-state index contributed by atoms with van der Waals surface area (Å²) in [7, 11) is -3.72. The van der Waals surface area contributed by atoms with E-state index in [1.807, 2.05) is 13.0 Å². The Labute approximate surface area is 169 Å². The lowest BCUT2D eigenvalue weighted by Crippen LogP contribution is -2.15. The van der Waals surface area contributed by atoms with Crippen LogP contribution in [0, 0.1) is 6.92 Å². The predicted octanol–water partition coefficient (Wildman–Crippen LogP) is 4.69. The van der Waals surface area contributed by atoms with Crippen molar-refractivity contribution in [2.24, 2.45) is 0 Å². The molecule has 146 valence electrons. The number of aryl methyl sites for hydroxylation is 2. The monoisotopic (exact) mass is 453 g/mol. The highest BCUT2D eigenvalue weighted by Gasteiger charge is 2.19. The summed E-state index contributed by atoms with van der Waals surface area (Å²) < 4.78 is 33.3. The number of halogens is 1. The lowest BCUT2D eigenvalue weighted by Gasteiger charge is -2.13. The fourth-order valence-corrected chi connectivity index (χ4v) is 4.38. The second-order valence-electron chi connectivity index (χ2n) is 6.16. The van der Waals surface area contributed by atoms with Gasteiger partial charge in [0.15, 0.2) is 0 Å². The van der Waals surface area contributed by atoms with Crippen LogP contribution in [0.1, 0.15) is 41.3 Å². The summed E-state index contributed by atoms with van der Waals surface area (Å²) >= 11 is 3.40. The van der Waals surface area contributed by atoms with Gasteiger partial charge in [0, 0.05) is 11.0 Å². The molecular weight excluding hydrogens is 430 g/mol. The average molecular weight is 454 g/mol. The fraction of sp³-hybridized carbons (Fsp3) is 0.350. The molecule has 7 heteroatoms. The lowest BCUT2D eigenvalue weighted by molar-refractivity contribution is 0.0526. The van der Waals surface area contributed by atoms with Crippen LogP contribution in [-0.4, -0.2) is 26.3 Å². The maximum atomic E-state index is 12.9. The minimum absolute atomic E-state index is 0.289. The molecule has 0 saturated heterocycles. The lowest BCUT2D eigenvalue weighted by atomic mass is 10.1. The number of alkyl halides is 1. The van der Waals surface area contributed by atoms with Gasteiger partial charge in [-0.05, 0) is 69.0 Å². The highest BCUT2D eigenvalue weighted by Crippen LogP contribution is 2.23. The second-order valence-corrected chi connectivity index (χ2v) is 8.60. The van der Waals surface area contributed by atoms with Gasteiger partial charge in [-0.1, -0.05) is 33.6 Å². The van der Waals surface area contributed by atoms with Gasteiger partial charge in [-0.3, -0.25) is 4.72 Å². The van der Waals surface area contributed by atoms with Crippen LogP contribution in [0.4, 0.5) is 5.69 Å². The average Bonchev–Trinajstić information content (AvgIpc) is 2.62. The van der Waals surface area contributed by atoms with Gasteiger partial charge in [0.25, 0.3) is 10.0 Å². The van der Waals surface area contributed by atoms with Crippen LogP contribution in [0.2, 0.25) is 0 Å². The summed E-state index contributed by atoms with van der Waals surface area (Å²) in [5.41, 5.74) is 2.62. The number of anilines is 1. The Morgan fingerprint density at radius 2 is 1.81 bits per heavy atom. The summed E-state index contributed by atoms with van der Waals surface area (Å²) in [6.45, 7) is 3.97. The quantitative estimate of drug-likeness (QED) is 0.339. The molecule has 0 aromatic heterocycles. The number of nitrogens with one attached hydrogen (secondary N) is 1. The van der Waals surface area contributed by atoms with Gasteiger partial charge in [-0.2, -0.15) is 0 Å². The molecule has 0 fully saturated rings. The highest BCUT2D eigenvalue weighted by molar-refractivity contribution is 9.09. The van der Waals surface area contributed by atoms with Crippen molar-refractivity contribution in [1.29, 1.82) is 0 Å². The Morgan fingerprint density at radius 3 is 2.44 bits per heavy atom. The molecule has 0 radical (unpaired) electrons. The first kappa shape index (κ1) is 21.4. The molecule has 0 aliphatic carbocycles. The smallest absolute Gasteiger partial charge is 0.338 e. The van der Waals surface area contributed by atoms with Gasteiger partial charge >= 0.3 is 5.97 Å². The first-order chi connectivity index (χ1) is 12.9. The SMILES string of the molecule is CCOC(=O)c1ccc(NS(=O)(=O)c2ccc(C)cc2CCCCBr)cc1. The molecule has 2 rings (SSSR count). The number of esters is 1. The van der Waals surface area contributed by atoms with Crippen molar-refractivity contribution in [2.75, 3.05) is 16.7 Å². The fourth-order valence-electron chi connectivity index (χ4n) is 2.67. The van der Waals surface area contributed by atoms with E-state index in [0.29, 0.717) is 24.3 Å². The first-order valence-electron chi connectivity index (χ1n) is 8.83. The van der Waals surface area contributed by atoms with Gasteiger partial charge in [-0.15, -0.1) is 0 Å². The summed E-state index contributed by atoms with van der Waals surface area (Å²) in [4.78, 5) is 12.0. The third kappa shape index (κ3) is 6.07. The summed E-state index contributed by atoms with van der Waals surface area (Å²) in [6.07, 6.45) is 2.59. The van der Waals surface area contributed by atoms with Crippen molar-refractivity contribution in [1.82, 2.24) is 0 Å². The van der Waals surface area contributed by atoms with Gasteiger partial charge in [-0.25, -0.2) is 13.2 Å². The Kier molecular flexibility index (Phi) is 7.86. The van der Waals surface area contributed by atoms with Crippen LogP contribution < -0.4 is 4.72 Å². The maximum Gasteiger partial charge on any atom is 0.338 e. The van der Waals surface area contributed by atoms with E-state index in [9.17, 15) is 13.2 Å². The number of sulfonamides is 1. The van der Waals surface area contributed by atoms with E-state index in [1.165, 1.54) is 0 Å². The van der Waals surface area contributed by atoms with E-state index in [1.54, 1.807) is 43.3 Å². The Balaban J connectivity index is 2.22. The molecule has 5 nitrogen and oxygen atoms in total. The Hall–Kier alpha value is -1.86. The number of carbonyl (C=O) groups excluding carboxylic acids is 1.